The quantitative estimate of drug-likeness (QED) is 0.835. The van der Waals surface area contributed by atoms with Gasteiger partial charge < -0.3 is 19.6 Å². The lowest BCUT2D eigenvalue weighted by atomic mass is 9.74. The van der Waals surface area contributed by atoms with Crippen molar-refractivity contribution in [2.45, 2.75) is 44.6 Å². The second kappa shape index (κ2) is 7.92. The number of carbonyl (C=O) groups is 1. The fourth-order valence-corrected chi connectivity index (χ4v) is 3.52. The standard InChI is InChI=1S/C20H24N2O5/c1-13-11-16(23)18(25)19(27-13)20(6-9-26-10-7-20)12-17(24)22-14(2)15-5-3-4-8-21-15/h3-5,8,11,14,25H,6-7,9-10,12H2,1-2H3,(H,22,24). The summed E-state index contributed by atoms with van der Waals surface area (Å²) in [7, 11) is 0. The molecule has 0 aliphatic carbocycles. The number of nitrogens with zero attached hydrogens (tertiary/aromatic N) is 1. The molecule has 27 heavy (non-hydrogen) atoms. The van der Waals surface area contributed by atoms with E-state index in [4.69, 9.17) is 9.15 Å². The Morgan fingerprint density at radius 1 is 1.37 bits per heavy atom. The molecule has 0 aromatic carbocycles. The van der Waals surface area contributed by atoms with Crippen LogP contribution in [0, 0.1) is 6.92 Å². The number of aromatic nitrogens is 1. The van der Waals surface area contributed by atoms with Crippen molar-refractivity contribution in [1.29, 1.82) is 0 Å². The van der Waals surface area contributed by atoms with Gasteiger partial charge in [-0.2, -0.15) is 0 Å². The number of rotatable bonds is 5. The molecule has 1 aliphatic rings. The first kappa shape index (κ1) is 19.1. The van der Waals surface area contributed by atoms with E-state index in [9.17, 15) is 14.7 Å². The first-order valence-electron chi connectivity index (χ1n) is 9.03. The van der Waals surface area contributed by atoms with Crippen molar-refractivity contribution < 1.29 is 19.1 Å². The Morgan fingerprint density at radius 3 is 2.78 bits per heavy atom. The third-order valence-electron chi connectivity index (χ3n) is 4.99. The van der Waals surface area contributed by atoms with Gasteiger partial charge >= 0.3 is 0 Å². The van der Waals surface area contributed by atoms with Gasteiger partial charge in [0.1, 0.15) is 5.76 Å². The van der Waals surface area contributed by atoms with Gasteiger partial charge in [-0.25, -0.2) is 0 Å². The highest BCUT2D eigenvalue weighted by molar-refractivity contribution is 5.78. The normalized spacial score (nSPS) is 17.3. The van der Waals surface area contributed by atoms with E-state index in [1.807, 2.05) is 25.1 Å². The fourth-order valence-electron chi connectivity index (χ4n) is 3.52. The summed E-state index contributed by atoms with van der Waals surface area (Å²) in [5, 5.41) is 13.3. The number of pyridine rings is 1. The average molecular weight is 372 g/mol. The molecule has 1 atom stereocenters. The number of aryl methyl sites for hydroxylation is 1. The minimum atomic E-state index is -0.776. The number of carbonyl (C=O) groups excluding carboxylic acids is 1. The van der Waals surface area contributed by atoms with Crippen LogP contribution in [0.1, 0.15) is 49.4 Å². The van der Waals surface area contributed by atoms with Crippen molar-refractivity contribution in [2.75, 3.05) is 13.2 Å². The van der Waals surface area contributed by atoms with Crippen LogP contribution in [-0.4, -0.2) is 29.2 Å². The van der Waals surface area contributed by atoms with Crippen molar-refractivity contribution in [3.05, 3.63) is 57.9 Å². The van der Waals surface area contributed by atoms with Crippen LogP contribution in [0.15, 0.2) is 39.7 Å². The Kier molecular flexibility index (Phi) is 5.60. The first-order valence-corrected chi connectivity index (χ1v) is 9.03. The first-order chi connectivity index (χ1) is 12.9. The van der Waals surface area contributed by atoms with Crippen LogP contribution in [0.5, 0.6) is 5.75 Å². The SMILES string of the molecule is Cc1cc(=O)c(O)c(C2(CC(=O)NC(C)c3ccccn3)CCOCC2)o1. The minimum Gasteiger partial charge on any atom is -0.502 e. The van der Waals surface area contributed by atoms with E-state index in [1.165, 1.54) is 6.07 Å². The predicted octanol–water partition coefficient (Wildman–Crippen LogP) is 2.36. The molecule has 7 heteroatoms. The van der Waals surface area contributed by atoms with E-state index >= 15 is 0 Å². The van der Waals surface area contributed by atoms with E-state index in [0.29, 0.717) is 31.8 Å². The molecule has 0 radical (unpaired) electrons. The van der Waals surface area contributed by atoms with Crippen LogP contribution >= 0.6 is 0 Å². The second-order valence-electron chi connectivity index (χ2n) is 7.01. The summed E-state index contributed by atoms with van der Waals surface area (Å²) in [6.07, 6.45) is 2.74. The number of nitrogens with one attached hydrogen (secondary N) is 1. The van der Waals surface area contributed by atoms with E-state index in [1.54, 1.807) is 13.1 Å². The van der Waals surface area contributed by atoms with Gasteiger partial charge in [0.15, 0.2) is 5.76 Å². The molecule has 3 heterocycles. The van der Waals surface area contributed by atoms with E-state index in [2.05, 4.69) is 10.3 Å². The molecule has 2 aromatic heterocycles. The topological polar surface area (TPSA) is 102 Å². The van der Waals surface area contributed by atoms with Gasteiger partial charge in [-0.3, -0.25) is 14.6 Å². The smallest absolute Gasteiger partial charge is 0.227 e. The van der Waals surface area contributed by atoms with Crippen molar-refractivity contribution in [2.24, 2.45) is 0 Å². The van der Waals surface area contributed by atoms with Crippen LogP contribution in [0.25, 0.3) is 0 Å². The lowest BCUT2D eigenvalue weighted by Gasteiger charge is -2.36. The number of aromatic hydroxyl groups is 1. The highest BCUT2D eigenvalue weighted by atomic mass is 16.5. The summed E-state index contributed by atoms with van der Waals surface area (Å²) in [4.78, 5) is 29.1. The predicted molar refractivity (Wildman–Crippen MR) is 98.5 cm³/mol. The molecule has 1 aliphatic heterocycles. The number of ether oxygens (including phenoxy) is 1. The Bertz CT molecular complexity index is 856. The molecule has 1 fully saturated rings. The highest BCUT2D eigenvalue weighted by Gasteiger charge is 2.42. The highest BCUT2D eigenvalue weighted by Crippen LogP contribution is 2.41. The van der Waals surface area contributed by atoms with Gasteiger partial charge in [0.25, 0.3) is 0 Å². The third-order valence-corrected chi connectivity index (χ3v) is 4.99. The summed E-state index contributed by atoms with van der Waals surface area (Å²) < 4.78 is 11.2. The summed E-state index contributed by atoms with van der Waals surface area (Å²) in [5.41, 5.74) is -0.514. The van der Waals surface area contributed by atoms with E-state index < -0.39 is 16.6 Å². The van der Waals surface area contributed by atoms with E-state index in [0.717, 1.165) is 5.69 Å². The maximum Gasteiger partial charge on any atom is 0.227 e. The van der Waals surface area contributed by atoms with Crippen molar-refractivity contribution in [3.63, 3.8) is 0 Å². The minimum absolute atomic E-state index is 0.0908. The van der Waals surface area contributed by atoms with Crippen LogP contribution < -0.4 is 10.7 Å². The molecular formula is C20H24N2O5. The molecule has 2 N–H and O–H groups in total. The molecule has 0 bridgehead atoms. The zero-order valence-corrected chi connectivity index (χ0v) is 15.5. The number of hydrogen-bond donors (Lipinski definition) is 2. The van der Waals surface area contributed by atoms with E-state index in [-0.39, 0.29) is 24.1 Å². The zero-order valence-electron chi connectivity index (χ0n) is 15.5. The number of amides is 1. The van der Waals surface area contributed by atoms with Crippen molar-refractivity contribution in [1.82, 2.24) is 10.3 Å². The van der Waals surface area contributed by atoms with Gasteiger partial charge in [-0.15, -0.1) is 0 Å². The van der Waals surface area contributed by atoms with Gasteiger partial charge in [0.2, 0.25) is 17.1 Å². The van der Waals surface area contributed by atoms with Crippen molar-refractivity contribution in [3.8, 4) is 5.75 Å². The molecule has 2 aromatic rings. The maximum absolute atomic E-state index is 12.8. The molecule has 3 rings (SSSR count). The second-order valence-corrected chi connectivity index (χ2v) is 7.01. The summed E-state index contributed by atoms with van der Waals surface area (Å²) in [5.74, 6) is -0.0379. The maximum atomic E-state index is 12.8. The summed E-state index contributed by atoms with van der Waals surface area (Å²) in [6, 6.07) is 6.52. The molecule has 1 saturated heterocycles. The van der Waals surface area contributed by atoms with Crippen molar-refractivity contribution >= 4 is 5.91 Å². The Balaban J connectivity index is 1.85. The van der Waals surface area contributed by atoms with Gasteiger partial charge in [-0.05, 0) is 38.8 Å². The summed E-state index contributed by atoms with van der Waals surface area (Å²) in [6.45, 7) is 4.38. The average Bonchev–Trinajstić information content (AvgIpc) is 2.66. The molecular weight excluding hydrogens is 348 g/mol. The Labute approximate surface area is 157 Å². The van der Waals surface area contributed by atoms with Crippen LogP contribution in [0.2, 0.25) is 0 Å². The van der Waals surface area contributed by atoms with Crippen LogP contribution in [0.4, 0.5) is 0 Å². The van der Waals surface area contributed by atoms with Crippen LogP contribution in [-0.2, 0) is 14.9 Å². The largest absolute Gasteiger partial charge is 0.502 e. The zero-order chi connectivity index (χ0) is 19.4. The third kappa shape index (κ3) is 4.19. The lowest BCUT2D eigenvalue weighted by Crippen LogP contribution is -2.40. The van der Waals surface area contributed by atoms with Crippen LogP contribution in [0.3, 0.4) is 0 Å². The molecule has 144 valence electrons. The summed E-state index contributed by atoms with van der Waals surface area (Å²) >= 11 is 0. The molecule has 7 nitrogen and oxygen atoms in total. The lowest BCUT2D eigenvalue weighted by molar-refractivity contribution is -0.124. The molecule has 1 unspecified atom stereocenters. The fraction of sp³-hybridized carbons (Fsp3) is 0.450. The molecule has 0 spiro atoms. The van der Waals surface area contributed by atoms with Gasteiger partial charge in [0, 0.05) is 37.3 Å². The monoisotopic (exact) mass is 372 g/mol. The Morgan fingerprint density at radius 2 is 2.11 bits per heavy atom. The van der Waals surface area contributed by atoms with Gasteiger partial charge in [0.05, 0.1) is 11.7 Å². The Hall–Kier alpha value is -2.67. The molecule has 1 amide bonds. The number of hydrogen-bond acceptors (Lipinski definition) is 6. The molecule has 0 saturated carbocycles. The van der Waals surface area contributed by atoms with Gasteiger partial charge in [-0.1, -0.05) is 6.07 Å².